The molecule has 2 aromatic carbocycles. The molecule has 0 heterocycles. The molecule has 1 saturated carbocycles. The van der Waals surface area contributed by atoms with E-state index in [-0.39, 0.29) is 5.84 Å². The Labute approximate surface area is 124 Å². The van der Waals surface area contributed by atoms with Gasteiger partial charge in [0.25, 0.3) is 0 Å². The Morgan fingerprint density at radius 3 is 2.52 bits per heavy atom. The van der Waals surface area contributed by atoms with Crippen LogP contribution in [0.4, 0.5) is 5.69 Å². The van der Waals surface area contributed by atoms with Crippen molar-refractivity contribution >= 4 is 22.3 Å². The van der Waals surface area contributed by atoms with Crippen LogP contribution in [0.15, 0.2) is 41.6 Å². The van der Waals surface area contributed by atoms with Crippen molar-refractivity contribution in [3.05, 3.63) is 42.0 Å². The van der Waals surface area contributed by atoms with Crippen molar-refractivity contribution in [2.45, 2.75) is 25.8 Å². The highest BCUT2D eigenvalue weighted by Crippen LogP contribution is 2.38. The molecule has 3 N–H and O–H groups in total. The Balaban J connectivity index is 2.12. The van der Waals surface area contributed by atoms with Gasteiger partial charge >= 0.3 is 0 Å². The SMILES string of the molecule is CC(C1CC1)N(C)c1ccc(/C(N)=N/O)c2ccccc12. The molecule has 0 saturated heterocycles. The predicted molar refractivity (Wildman–Crippen MR) is 87.0 cm³/mol. The second-order valence-corrected chi connectivity index (χ2v) is 5.85. The third kappa shape index (κ3) is 2.42. The summed E-state index contributed by atoms with van der Waals surface area (Å²) < 4.78 is 0. The number of amidine groups is 1. The van der Waals surface area contributed by atoms with Crippen molar-refractivity contribution in [3.8, 4) is 0 Å². The second-order valence-electron chi connectivity index (χ2n) is 5.85. The highest BCUT2D eigenvalue weighted by atomic mass is 16.4. The van der Waals surface area contributed by atoms with Crippen LogP contribution in [-0.2, 0) is 0 Å². The molecule has 1 unspecified atom stereocenters. The minimum absolute atomic E-state index is 0.149. The molecule has 4 heteroatoms. The summed E-state index contributed by atoms with van der Waals surface area (Å²) in [6.07, 6.45) is 2.65. The number of rotatable bonds is 4. The Morgan fingerprint density at radius 1 is 1.24 bits per heavy atom. The highest BCUT2D eigenvalue weighted by Gasteiger charge is 2.31. The van der Waals surface area contributed by atoms with Crippen LogP contribution >= 0.6 is 0 Å². The Morgan fingerprint density at radius 2 is 1.90 bits per heavy atom. The van der Waals surface area contributed by atoms with E-state index in [9.17, 15) is 0 Å². The van der Waals surface area contributed by atoms with E-state index in [1.54, 1.807) is 0 Å². The van der Waals surface area contributed by atoms with Crippen LogP contribution in [0.3, 0.4) is 0 Å². The van der Waals surface area contributed by atoms with Crippen molar-refractivity contribution in [1.29, 1.82) is 0 Å². The zero-order chi connectivity index (χ0) is 15.0. The maximum absolute atomic E-state index is 8.95. The molecule has 0 amide bonds. The normalized spacial score (nSPS) is 17.0. The van der Waals surface area contributed by atoms with Gasteiger partial charge in [0.1, 0.15) is 0 Å². The molecule has 3 rings (SSSR count). The number of nitrogens with zero attached hydrogens (tertiary/aromatic N) is 2. The Kier molecular flexibility index (Phi) is 3.45. The molecule has 0 radical (unpaired) electrons. The van der Waals surface area contributed by atoms with Crippen molar-refractivity contribution < 1.29 is 5.21 Å². The Hall–Kier alpha value is -2.23. The van der Waals surface area contributed by atoms with Gasteiger partial charge in [0.2, 0.25) is 0 Å². The molecule has 0 aliphatic heterocycles. The third-order valence-corrected chi connectivity index (χ3v) is 4.58. The van der Waals surface area contributed by atoms with E-state index >= 15 is 0 Å². The minimum atomic E-state index is 0.149. The number of hydrogen-bond donors (Lipinski definition) is 2. The first kappa shape index (κ1) is 13.7. The van der Waals surface area contributed by atoms with Gasteiger partial charge in [-0.15, -0.1) is 0 Å². The summed E-state index contributed by atoms with van der Waals surface area (Å²) in [5, 5.41) is 14.2. The van der Waals surface area contributed by atoms with E-state index in [0.29, 0.717) is 6.04 Å². The topological polar surface area (TPSA) is 61.8 Å². The smallest absolute Gasteiger partial charge is 0.170 e. The lowest BCUT2D eigenvalue weighted by Crippen LogP contribution is -2.30. The lowest BCUT2D eigenvalue weighted by molar-refractivity contribution is 0.318. The van der Waals surface area contributed by atoms with Gasteiger partial charge in [0.05, 0.1) is 0 Å². The summed E-state index contributed by atoms with van der Waals surface area (Å²) in [6.45, 7) is 2.28. The van der Waals surface area contributed by atoms with Gasteiger partial charge < -0.3 is 15.8 Å². The monoisotopic (exact) mass is 283 g/mol. The molecule has 4 nitrogen and oxygen atoms in total. The summed E-state index contributed by atoms with van der Waals surface area (Å²) in [4.78, 5) is 2.34. The van der Waals surface area contributed by atoms with Crippen LogP contribution in [0.1, 0.15) is 25.3 Å². The fraction of sp³-hybridized carbons (Fsp3) is 0.353. The van der Waals surface area contributed by atoms with Gasteiger partial charge in [-0.05, 0) is 43.2 Å². The molecule has 0 spiro atoms. The van der Waals surface area contributed by atoms with Gasteiger partial charge in [0.15, 0.2) is 5.84 Å². The molecule has 110 valence electrons. The second kappa shape index (κ2) is 5.28. The van der Waals surface area contributed by atoms with Gasteiger partial charge in [0, 0.05) is 29.7 Å². The number of benzene rings is 2. The predicted octanol–water partition coefficient (Wildman–Crippen LogP) is 3.17. The van der Waals surface area contributed by atoms with Crippen LogP contribution in [0, 0.1) is 5.92 Å². The van der Waals surface area contributed by atoms with E-state index < -0.39 is 0 Å². The van der Waals surface area contributed by atoms with Crippen molar-refractivity contribution in [3.63, 3.8) is 0 Å². The van der Waals surface area contributed by atoms with Gasteiger partial charge in [-0.1, -0.05) is 29.4 Å². The van der Waals surface area contributed by atoms with Crippen LogP contribution < -0.4 is 10.6 Å². The molecule has 0 aromatic heterocycles. The fourth-order valence-corrected chi connectivity index (χ4v) is 2.98. The molecule has 1 fully saturated rings. The first-order chi connectivity index (χ1) is 10.1. The van der Waals surface area contributed by atoms with E-state index in [2.05, 4.69) is 36.2 Å². The number of oxime groups is 1. The van der Waals surface area contributed by atoms with Gasteiger partial charge in [-0.25, -0.2) is 0 Å². The number of hydrogen-bond acceptors (Lipinski definition) is 3. The van der Waals surface area contributed by atoms with E-state index in [1.807, 2.05) is 24.3 Å². The maximum Gasteiger partial charge on any atom is 0.170 e. The lowest BCUT2D eigenvalue weighted by Gasteiger charge is -2.28. The van der Waals surface area contributed by atoms with Crippen molar-refractivity contribution in [2.75, 3.05) is 11.9 Å². The lowest BCUT2D eigenvalue weighted by atomic mass is 10.0. The average molecular weight is 283 g/mol. The van der Waals surface area contributed by atoms with Crippen LogP contribution in [0.2, 0.25) is 0 Å². The molecular weight excluding hydrogens is 262 g/mol. The van der Waals surface area contributed by atoms with Crippen LogP contribution in [-0.4, -0.2) is 24.1 Å². The summed E-state index contributed by atoms with van der Waals surface area (Å²) in [7, 11) is 2.15. The molecule has 1 aliphatic carbocycles. The molecule has 1 aliphatic rings. The van der Waals surface area contributed by atoms with Gasteiger partial charge in [-0.3, -0.25) is 0 Å². The number of fused-ring (bicyclic) bond motifs is 1. The first-order valence-corrected chi connectivity index (χ1v) is 7.36. The van der Waals surface area contributed by atoms with Crippen LogP contribution in [0.25, 0.3) is 10.8 Å². The number of anilines is 1. The average Bonchev–Trinajstić information content (AvgIpc) is 3.36. The minimum Gasteiger partial charge on any atom is -0.409 e. The summed E-state index contributed by atoms with van der Waals surface area (Å²) in [5.41, 5.74) is 7.75. The van der Waals surface area contributed by atoms with E-state index in [1.165, 1.54) is 18.5 Å². The number of nitrogens with two attached hydrogens (primary N) is 1. The van der Waals surface area contributed by atoms with E-state index in [4.69, 9.17) is 10.9 Å². The standard InChI is InChI=1S/C17H21N3O/c1-11(12-7-8-12)20(2)16-10-9-15(17(18)19-21)13-5-3-4-6-14(13)16/h3-6,9-12,21H,7-8H2,1-2H3,(H2,18,19). The van der Waals surface area contributed by atoms with E-state index in [0.717, 1.165) is 22.3 Å². The summed E-state index contributed by atoms with van der Waals surface area (Å²) in [6, 6.07) is 12.6. The third-order valence-electron chi connectivity index (χ3n) is 4.58. The van der Waals surface area contributed by atoms with Crippen LogP contribution in [0.5, 0.6) is 0 Å². The maximum atomic E-state index is 8.95. The molecule has 21 heavy (non-hydrogen) atoms. The molecular formula is C17H21N3O. The molecule has 2 aromatic rings. The molecule has 0 bridgehead atoms. The largest absolute Gasteiger partial charge is 0.409 e. The fourth-order valence-electron chi connectivity index (χ4n) is 2.98. The van der Waals surface area contributed by atoms with Crippen molar-refractivity contribution in [2.24, 2.45) is 16.8 Å². The first-order valence-electron chi connectivity index (χ1n) is 7.36. The highest BCUT2D eigenvalue weighted by molar-refractivity contribution is 6.11. The Bertz CT molecular complexity index is 691. The van der Waals surface area contributed by atoms with Crippen molar-refractivity contribution in [1.82, 2.24) is 0 Å². The zero-order valence-electron chi connectivity index (χ0n) is 12.5. The quantitative estimate of drug-likeness (QED) is 0.392. The zero-order valence-corrected chi connectivity index (χ0v) is 12.5. The summed E-state index contributed by atoms with van der Waals surface area (Å²) >= 11 is 0. The van der Waals surface area contributed by atoms with Gasteiger partial charge in [-0.2, -0.15) is 0 Å². The molecule has 1 atom stereocenters. The summed E-state index contributed by atoms with van der Waals surface area (Å²) in [5.74, 6) is 0.952.